The standard InChI is InChI=1S/C20H19NO6/c1-3-15(19(23)24)21-17(22)10-26-16-9-8-13-12-6-4-5-7-14(12)20(25)27-18(13)11(16)2/h4-9,15H,3,10H2,1-2H3,(H,21,22)(H,23,24)/t15-/m0/s1. The van der Waals surface area contributed by atoms with Crippen molar-refractivity contribution in [3.63, 3.8) is 0 Å². The maximum absolute atomic E-state index is 12.2. The number of aryl methyl sites for hydroxylation is 1. The van der Waals surface area contributed by atoms with Gasteiger partial charge in [-0.3, -0.25) is 4.79 Å². The molecule has 3 rings (SSSR count). The number of carboxylic acid groups (broad SMARTS) is 1. The van der Waals surface area contributed by atoms with E-state index in [1.54, 1.807) is 38.1 Å². The Morgan fingerprint density at radius 2 is 1.85 bits per heavy atom. The highest BCUT2D eigenvalue weighted by molar-refractivity contribution is 6.05. The van der Waals surface area contributed by atoms with Gasteiger partial charge in [0.1, 0.15) is 17.4 Å². The van der Waals surface area contributed by atoms with Gasteiger partial charge in [0.05, 0.1) is 5.39 Å². The van der Waals surface area contributed by atoms with Crippen LogP contribution in [0.25, 0.3) is 21.7 Å². The lowest BCUT2D eigenvalue weighted by molar-refractivity contribution is -0.142. The number of carboxylic acids is 1. The average Bonchev–Trinajstić information content (AvgIpc) is 2.66. The number of nitrogens with one attached hydrogen (secondary N) is 1. The first-order valence-electron chi connectivity index (χ1n) is 8.52. The lowest BCUT2D eigenvalue weighted by Gasteiger charge is -2.14. The van der Waals surface area contributed by atoms with Gasteiger partial charge in [-0.15, -0.1) is 0 Å². The molecule has 27 heavy (non-hydrogen) atoms. The Morgan fingerprint density at radius 1 is 1.15 bits per heavy atom. The first kappa shape index (κ1) is 18.4. The van der Waals surface area contributed by atoms with Crippen molar-refractivity contribution in [2.45, 2.75) is 26.3 Å². The van der Waals surface area contributed by atoms with Crippen molar-refractivity contribution in [2.24, 2.45) is 0 Å². The fourth-order valence-corrected chi connectivity index (χ4v) is 2.93. The quantitative estimate of drug-likeness (QED) is 0.511. The number of hydrogen-bond acceptors (Lipinski definition) is 5. The number of benzene rings is 2. The van der Waals surface area contributed by atoms with Crippen molar-refractivity contribution in [2.75, 3.05) is 6.61 Å². The minimum Gasteiger partial charge on any atom is -0.483 e. The molecule has 7 nitrogen and oxygen atoms in total. The summed E-state index contributed by atoms with van der Waals surface area (Å²) in [6, 6.07) is 9.69. The van der Waals surface area contributed by atoms with Gasteiger partial charge in [0.25, 0.3) is 5.91 Å². The van der Waals surface area contributed by atoms with Crippen molar-refractivity contribution in [3.8, 4) is 5.75 Å². The molecule has 0 spiro atoms. The van der Waals surface area contributed by atoms with Gasteiger partial charge >= 0.3 is 11.6 Å². The lowest BCUT2D eigenvalue weighted by Crippen LogP contribution is -2.42. The number of ether oxygens (including phenoxy) is 1. The fourth-order valence-electron chi connectivity index (χ4n) is 2.93. The number of fused-ring (bicyclic) bond motifs is 3. The van der Waals surface area contributed by atoms with E-state index < -0.39 is 23.5 Å². The molecule has 0 aliphatic heterocycles. The van der Waals surface area contributed by atoms with Crippen LogP contribution in [0.3, 0.4) is 0 Å². The highest BCUT2D eigenvalue weighted by Gasteiger charge is 2.18. The molecular formula is C20H19NO6. The second-order valence-corrected chi connectivity index (χ2v) is 6.16. The Balaban J connectivity index is 1.87. The molecule has 0 saturated heterocycles. The normalized spacial score (nSPS) is 12.1. The predicted molar refractivity (Wildman–Crippen MR) is 100 cm³/mol. The summed E-state index contributed by atoms with van der Waals surface area (Å²) in [7, 11) is 0. The summed E-state index contributed by atoms with van der Waals surface area (Å²) in [5, 5.41) is 13.4. The molecule has 3 aromatic rings. The minimum atomic E-state index is -1.10. The van der Waals surface area contributed by atoms with Crippen molar-refractivity contribution >= 4 is 33.6 Å². The number of carbonyl (C=O) groups excluding carboxylic acids is 1. The third-order valence-corrected chi connectivity index (χ3v) is 4.39. The van der Waals surface area contributed by atoms with Crippen molar-refractivity contribution in [1.29, 1.82) is 0 Å². The first-order valence-corrected chi connectivity index (χ1v) is 8.52. The van der Waals surface area contributed by atoms with E-state index in [1.807, 2.05) is 12.1 Å². The van der Waals surface area contributed by atoms with Crippen LogP contribution in [0.4, 0.5) is 0 Å². The van der Waals surface area contributed by atoms with E-state index in [0.717, 1.165) is 10.8 Å². The first-order chi connectivity index (χ1) is 12.9. The van der Waals surface area contributed by atoms with Crippen molar-refractivity contribution in [3.05, 3.63) is 52.4 Å². The topological polar surface area (TPSA) is 106 Å². The van der Waals surface area contributed by atoms with Crippen molar-refractivity contribution in [1.82, 2.24) is 5.32 Å². The maximum atomic E-state index is 12.2. The zero-order valence-electron chi connectivity index (χ0n) is 14.9. The third kappa shape index (κ3) is 3.62. The number of aliphatic carboxylic acids is 1. The van der Waals surface area contributed by atoms with Gasteiger partial charge in [-0.25, -0.2) is 9.59 Å². The van der Waals surface area contributed by atoms with E-state index in [9.17, 15) is 14.4 Å². The van der Waals surface area contributed by atoms with E-state index in [1.165, 1.54) is 0 Å². The maximum Gasteiger partial charge on any atom is 0.344 e. The number of amides is 1. The Kier molecular flexibility index (Phi) is 5.12. The van der Waals surface area contributed by atoms with Gasteiger partial charge in [0.2, 0.25) is 0 Å². The van der Waals surface area contributed by atoms with Gasteiger partial charge in [-0.05, 0) is 36.9 Å². The zero-order valence-corrected chi connectivity index (χ0v) is 14.9. The average molecular weight is 369 g/mol. The van der Waals surface area contributed by atoms with E-state index in [0.29, 0.717) is 22.3 Å². The molecule has 0 fully saturated rings. The molecule has 2 N–H and O–H groups in total. The van der Waals surface area contributed by atoms with Crippen LogP contribution < -0.4 is 15.7 Å². The van der Waals surface area contributed by atoms with Gasteiger partial charge < -0.3 is 19.6 Å². The molecule has 0 aliphatic carbocycles. The Hall–Kier alpha value is -3.35. The largest absolute Gasteiger partial charge is 0.483 e. The summed E-state index contributed by atoms with van der Waals surface area (Å²) in [5.41, 5.74) is 0.547. The molecule has 1 aromatic heterocycles. The van der Waals surface area contributed by atoms with E-state index in [-0.39, 0.29) is 13.0 Å². The highest BCUT2D eigenvalue weighted by atomic mass is 16.5. The Bertz CT molecular complexity index is 1080. The molecule has 0 saturated carbocycles. The molecule has 2 aromatic carbocycles. The molecule has 0 aliphatic rings. The van der Waals surface area contributed by atoms with Gasteiger partial charge in [0.15, 0.2) is 6.61 Å². The summed E-state index contributed by atoms with van der Waals surface area (Å²) >= 11 is 0. The van der Waals surface area contributed by atoms with E-state index in [2.05, 4.69) is 5.32 Å². The van der Waals surface area contributed by atoms with Crippen LogP contribution in [-0.4, -0.2) is 29.6 Å². The SMILES string of the molecule is CC[C@H](NC(=O)COc1ccc2c(oc(=O)c3ccccc32)c1C)C(=O)O. The summed E-state index contributed by atoms with van der Waals surface area (Å²) in [6.45, 7) is 3.06. The number of rotatable bonds is 6. The molecule has 0 radical (unpaired) electrons. The summed E-state index contributed by atoms with van der Waals surface area (Å²) in [6.07, 6.45) is 0.272. The fraction of sp³-hybridized carbons (Fsp3) is 0.250. The zero-order chi connectivity index (χ0) is 19.6. The van der Waals surface area contributed by atoms with Crippen LogP contribution >= 0.6 is 0 Å². The Labute approximate surface area is 154 Å². The highest BCUT2D eigenvalue weighted by Crippen LogP contribution is 2.30. The summed E-state index contributed by atoms with van der Waals surface area (Å²) in [5.74, 6) is -1.25. The molecule has 1 atom stereocenters. The summed E-state index contributed by atoms with van der Waals surface area (Å²) < 4.78 is 11.0. The number of hydrogen-bond donors (Lipinski definition) is 2. The van der Waals surface area contributed by atoms with Gasteiger partial charge in [-0.2, -0.15) is 0 Å². The third-order valence-electron chi connectivity index (χ3n) is 4.39. The van der Waals surface area contributed by atoms with Crippen LogP contribution in [0.1, 0.15) is 18.9 Å². The molecule has 0 unspecified atom stereocenters. The van der Waals surface area contributed by atoms with Crippen LogP contribution in [-0.2, 0) is 9.59 Å². The summed E-state index contributed by atoms with van der Waals surface area (Å²) in [4.78, 5) is 35.1. The smallest absolute Gasteiger partial charge is 0.344 e. The molecule has 140 valence electrons. The van der Waals surface area contributed by atoms with E-state index >= 15 is 0 Å². The molecule has 0 bridgehead atoms. The molecule has 1 amide bonds. The van der Waals surface area contributed by atoms with Crippen LogP contribution in [0.2, 0.25) is 0 Å². The Morgan fingerprint density at radius 3 is 2.52 bits per heavy atom. The minimum absolute atomic E-state index is 0.272. The van der Waals surface area contributed by atoms with Crippen LogP contribution in [0.5, 0.6) is 5.75 Å². The van der Waals surface area contributed by atoms with Gasteiger partial charge in [-0.1, -0.05) is 25.1 Å². The second-order valence-electron chi connectivity index (χ2n) is 6.16. The van der Waals surface area contributed by atoms with E-state index in [4.69, 9.17) is 14.3 Å². The second kappa shape index (κ2) is 7.49. The lowest BCUT2D eigenvalue weighted by atomic mass is 10.0. The van der Waals surface area contributed by atoms with Crippen LogP contribution in [0, 0.1) is 6.92 Å². The molecular weight excluding hydrogens is 350 g/mol. The van der Waals surface area contributed by atoms with Gasteiger partial charge in [0, 0.05) is 10.9 Å². The van der Waals surface area contributed by atoms with Crippen molar-refractivity contribution < 1.29 is 23.8 Å². The predicted octanol–water partition coefficient (Wildman–Crippen LogP) is 2.61. The molecule has 1 heterocycles. The monoisotopic (exact) mass is 369 g/mol. The van der Waals surface area contributed by atoms with Crippen LogP contribution in [0.15, 0.2) is 45.6 Å². The number of carbonyl (C=O) groups is 2. The molecule has 7 heteroatoms.